The van der Waals surface area contributed by atoms with Crippen molar-refractivity contribution in [3.05, 3.63) is 77.1 Å². The van der Waals surface area contributed by atoms with Crippen molar-refractivity contribution < 1.29 is 22.7 Å². The van der Waals surface area contributed by atoms with E-state index in [1.54, 1.807) is 31.2 Å². The Morgan fingerprint density at radius 1 is 1.21 bits per heavy atom. The molecule has 0 spiro atoms. The fourth-order valence-electron chi connectivity index (χ4n) is 4.85. The second kappa shape index (κ2) is 12.1. The molecule has 8 nitrogen and oxygen atoms in total. The van der Waals surface area contributed by atoms with Gasteiger partial charge in [0.1, 0.15) is 16.7 Å². The Morgan fingerprint density at radius 2 is 2.00 bits per heavy atom. The molecule has 0 amide bonds. The predicted octanol–water partition coefficient (Wildman–Crippen LogP) is 4.85. The molecular formula is C29H37N3O5S. The maximum atomic E-state index is 13.6. The lowest BCUT2D eigenvalue weighted by molar-refractivity contribution is -0.143. The minimum Gasteiger partial charge on any atom is -0.488 e. The van der Waals surface area contributed by atoms with Gasteiger partial charge >= 0.3 is 5.97 Å². The van der Waals surface area contributed by atoms with E-state index in [9.17, 15) is 13.2 Å². The van der Waals surface area contributed by atoms with Gasteiger partial charge in [0.2, 0.25) is 10.0 Å². The van der Waals surface area contributed by atoms with Crippen molar-refractivity contribution >= 4 is 16.0 Å². The summed E-state index contributed by atoms with van der Waals surface area (Å²) in [5.74, 6) is 0.0810. The highest BCUT2D eigenvalue weighted by Gasteiger charge is 2.33. The Hall–Kier alpha value is -3.17. The van der Waals surface area contributed by atoms with Crippen LogP contribution >= 0.6 is 0 Å². The highest BCUT2D eigenvalue weighted by atomic mass is 32.2. The molecule has 9 heteroatoms. The molecule has 1 aromatic heterocycles. The topological polar surface area (TPSA) is 90.7 Å². The Kier molecular flexibility index (Phi) is 8.89. The highest BCUT2D eigenvalue weighted by Crippen LogP contribution is 2.33. The van der Waals surface area contributed by atoms with Gasteiger partial charge in [-0.05, 0) is 80.8 Å². The van der Waals surface area contributed by atoms with Gasteiger partial charge in [-0.15, -0.1) is 0 Å². The molecule has 204 valence electrons. The molecule has 0 saturated carbocycles. The Bertz CT molecular complexity index is 1370. The van der Waals surface area contributed by atoms with Crippen LogP contribution in [0.25, 0.3) is 0 Å². The summed E-state index contributed by atoms with van der Waals surface area (Å²) in [6.07, 6.45) is 5.40. The third-order valence-electron chi connectivity index (χ3n) is 6.96. The number of ether oxygens (including phenoxy) is 2. The first-order valence-corrected chi connectivity index (χ1v) is 14.7. The molecule has 38 heavy (non-hydrogen) atoms. The Labute approximate surface area is 225 Å². The number of para-hydroxylation sites is 1. The molecule has 2 atom stereocenters. The van der Waals surface area contributed by atoms with Gasteiger partial charge in [0.05, 0.1) is 25.8 Å². The lowest BCUT2D eigenvalue weighted by Gasteiger charge is -2.24. The molecular weight excluding hydrogens is 502 g/mol. The summed E-state index contributed by atoms with van der Waals surface area (Å²) in [4.78, 5) is 12.7. The van der Waals surface area contributed by atoms with Crippen molar-refractivity contribution in [3.63, 3.8) is 0 Å². The largest absolute Gasteiger partial charge is 0.488 e. The van der Waals surface area contributed by atoms with Gasteiger partial charge in [-0.1, -0.05) is 30.3 Å². The third-order valence-corrected chi connectivity index (χ3v) is 8.81. The van der Waals surface area contributed by atoms with E-state index in [2.05, 4.69) is 5.10 Å². The summed E-state index contributed by atoms with van der Waals surface area (Å²) in [6.45, 7) is 9.32. The second-order valence-corrected chi connectivity index (χ2v) is 11.7. The van der Waals surface area contributed by atoms with Gasteiger partial charge in [-0.3, -0.25) is 9.48 Å². The van der Waals surface area contributed by atoms with Crippen LogP contribution in [-0.4, -0.2) is 47.7 Å². The summed E-state index contributed by atoms with van der Waals surface area (Å²) in [6, 6.07) is 12.9. The number of hydrogen-bond acceptors (Lipinski definition) is 6. The van der Waals surface area contributed by atoms with Crippen LogP contribution in [0.15, 0.2) is 59.8 Å². The van der Waals surface area contributed by atoms with Crippen molar-refractivity contribution in [2.75, 3.05) is 13.2 Å². The van der Waals surface area contributed by atoms with Gasteiger partial charge in [-0.2, -0.15) is 9.40 Å². The molecule has 1 unspecified atom stereocenters. The number of esters is 1. The van der Waals surface area contributed by atoms with Crippen molar-refractivity contribution in [2.24, 2.45) is 0 Å². The zero-order valence-electron chi connectivity index (χ0n) is 22.6. The van der Waals surface area contributed by atoms with Crippen LogP contribution in [0.4, 0.5) is 0 Å². The van der Waals surface area contributed by atoms with E-state index >= 15 is 0 Å². The standard InChI is InChI=1S/C29H37N3O5S/c1-5-31-19-23(17-30-31)12-14-25(16-29(33)36-6-2)24-13-11-21(3)26(15-24)20-32-18-22(4)37-27-9-7-8-10-28(27)38(32,34)35/h7-11,13,15,17,19,22,25H,5-6,12,14,16,18,20H2,1-4H3/t22-,25?/m1/s1. The van der Waals surface area contributed by atoms with Gasteiger partial charge < -0.3 is 9.47 Å². The molecule has 1 aliphatic rings. The van der Waals surface area contributed by atoms with Crippen LogP contribution in [0.1, 0.15) is 61.8 Å². The van der Waals surface area contributed by atoms with E-state index < -0.39 is 10.0 Å². The number of nitrogens with zero attached hydrogens (tertiary/aromatic N) is 3. The zero-order chi connectivity index (χ0) is 27.3. The smallest absolute Gasteiger partial charge is 0.306 e. The number of aryl methyl sites for hydroxylation is 3. The Morgan fingerprint density at radius 3 is 2.74 bits per heavy atom. The molecule has 0 bridgehead atoms. The summed E-state index contributed by atoms with van der Waals surface area (Å²) in [7, 11) is -3.75. The molecule has 2 aromatic carbocycles. The third kappa shape index (κ3) is 6.45. The van der Waals surface area contributed by atoms with Crippen LogP contribution in [0.2, 0.25) is 0 Å². The predicted molar refractivity (Wildman–Crippen MR) is 146 cm³/mol. The summed E-state index contributed by atoms with van der Waals surface area (Å²) >= 11 is 0. The van der Waals surface area contributed by atoms with Crippen molar-refractivity contribution in [1.82, 2.24) is 14.1 Å². The summed E-state index contributed by atoms with van der Waals surface area (Å²) < 4.78 is 41.8. The minimum absolute atomic E-state index is 0.0675. The summed E-state index contributed by atoms with van der Waals surface area (Å²) in [5.41, 5.74) is 4.02. The van der Waals surface area contributed by atoms with Crippen LogP contribution in [0.5, 0.6) is 5.75 Å². The van der Waals surface area contributed by atoms with Crippen LogP contribution in [-0.2, 0) is 39.1 Å². The molecule has 0 saturated heterocycles. The van der Waals surface area contributed by atoms with E-state index in [4.69, 9.17) is 9.47 Å². The van der Waals surface area contributed by atoms with Crippen molar-refractivity contribution in [3.8, 4) is 5.75 Å². The molecule has 0 N–H and O–H groups in total. The average Bonchev–Trinajstić information content (AvgIpc) is 3.32. The quantitative estimate of drug-likeness (QED) is 0.342. The monoisotopic (exact) mass is 539 g/mol. The first-order valence-electron chi connectivity index (χ1n) is 13.2. The first-order chi connectivity index (χ1) is 18.2. The molecule has 0 aliphatic carbocycles. The van der Waals surface area contributed by atoms with Crippen LogP contribution in [0.3, 0.4) is 0 Å². The number of benzene rings is 2. The normalized spacial score (nSPS) is 17.7. The van der Waals surface area contributed by atoms with Gasteiger partial charge in [0, 0.05) is 19.3 Å². The molecule has 0 radical (unpaired) electrons. The average molecular weight is 540 g/mol. The first kappa shape index (κ1) is 27.9. The van der Waals surface area contributed by atoms with Gasteiger partial charge in [0.15, 0.2) is 0 Å². The number of carbonyl (C=O) groups excluding carboxylic acids is 1. The van der Waals surface area contributed by atoms with E-state index in [0.717, 1.165) is 41.6 Å². The van der Waals surface area contributed by atoms with Crippen LogP contribution < -0.4 is 4.74 Å². The molecule has 4 rings (SSSR count). The zero-order valence-corrected chi connectivity index (χ0v) is 23.4. The van der Waals surface area contributed by atoms with Crippen molar-refractivity contribution in [2.45, 2.75) is 77.0 Å². The number of hydrogen-bond donors (Lipinski definition) is 0. The molecule has 2 heterocycles. The Balaban J connectivity index is 1.61. The maximum Gasteiger partial charge on any atom is 0.306 e. The highest BCUT2D eigenvalue weighted by molar-refractivity contribution is 7.89. The van der Waals surface area contributed by atoms with Gasteiger partial charge in [0.25, 0.3) is 0 Å². The summed E-state index contributed by atoms with van der Waals surface area (Å²) in [5, 5.41) is 4.36. The van der Waals surface area contributed by atoms with E-state index in [-0.39, 0.29) is 42.4 Å². The second-order valence-electron chi connectivity index (χ2n) is 9.81. The van der Waals surface area contributed by atoms with E-state index in [1.807, 2.05) is 56.0 Å². The fraction of sp³-hybridized carbons (Fsp3) is 0.448. The number of carbonyl (C=O) groups is 1. The number of aromatic nitrogens is 2. The van der Waals surface area contributed by atoms with Crippen molar-refractivity contribution in [1.29, 1.82) is 0 Å². The van der Waals surface area contributed by atoms with Gasteiger partial charge in [-0.25, -0.2) is 8.42 Å². The SMILES string of the molecule is CCOC(=O)CC(CCc1cnn(CC)c1)c1ccc(C)c(CN2C[C@@H](C)Oc3ccccc3S2(=O)=O)c1. The van der Waals surface area contributed by atoms with E-state index in [0.29, 0.717) is 12.4 Å². The fourth-order valence-corrected chi connectivity index (χ4v) is 6.47. The lowest BCUT2D eigenvalue weighted by Crippen LogP contribution is -2.35. The number of fused-ring (bicyclic) bond motifs is 1. The van der Waals surface area contributed by atoms with Crippen LogP contribution in [0, 0.1) is 6.92 Å². The maximum absolute atomic E-state index is 13.6. The minimum atomic E-state index is -3.75. The number of sulfonamides is 1. The van der Waals surface area contributed by atoms with E-state index in [1.165, 1.54) is 4.31 Å². The molecule has 3 aromatic rings. The number of rotatable bonds is 10. The molecule has 1 aliphatic heterocycles. The molecule has 0 fully saturated rings. The lowest BCUT2D eigenvalue weighted by atomic mass is 9.88.